The van der Waals surface area contributed by atoms with Gasteiger partial charge in [0.15, 0.2) is 5.11 Å². The molecule has 8 heteroatoms. The molecule has 1 fully saturated rings. The molecule has 1 aliphatic heterocycles. The number of aryl methyl sites for hydroxylation is 1. The second-order valence-corrected chi connectivity index (χ2v) is 8.27. The molecular weight excluding hydrogens is 394 g/mol. The van der Waals surface area contributed by atoms with Gasteiger partial charge in [0.1, 0.15) is 5.00 Å². The highest BCUT2D eigenvalue weighted by Gasteiger charge is 2.21. The Morgan fingerprint density at radius 3 is 2.36 bits per heavy atom. The molecule has 1 saturated heterocycles. The molecule has 2 aromatic rings. The minimum atomic E-state index is -0.392. The number of hydrogen-bond donors (Lipinski definition) is 2. The van der Waals surface area contributed by atoms with E-state index in [0.717, 1.165) is 42.1 Å². The van der Waals surface area contributed by atoms with Crippen LogP contribution in [0.1, 0.15) is 44.0 Å². The summed E-state index contributed by atoms with van der Waals surface area (Å²) in [5, 5.41) is 7.19. The molecule has 2 heterocycles. The fraction of sp³-hybridized carbons (Fsp3) is 0.350. The Balaban J connectivity index is 1.66. The maximum Gasteiger partial charge on any atom is 0.341 e. The van der Waals surface area contributed by atoms with Crippen molar-refractivity contribution < 1.29 is 14.3 Å². The highest BCUT2D eigenvalue weighted by atomic mass is 32.1. The molecule has 0 unspecified atom stereocenters. The summed E-state index contributed by atoms with van der Waals surface area (Å²) in [4.78, 5) is 27.4. The van der Waals surface area contributed by atoms with E-state index >= 15 is 0 Å². The van der Waals surface area contributed by atoms with E-state index in [1.807, 2.05) is 30.9 Å². The Hall–Kier alpha value is -2.45. The molecular formula is C20H23N3O3S2. The lowest BCUT2D eigenvalue weighted by Crippen LogP contribution is -2.27. The van der Waals surface area contributed by atoms with Crippen molar-refractivity contribution in [3.63, 3.8) is 0 Å². The second-order valence-electron chi connectivity index (χ2n) is 6.63. The molecule has 0 radical (unpaired) electrons. The summed E-state index contributed by atoms with van der Waals surface area (Å²) in [6.07, 6.45) is 2.14. The van der Waals surface area contributed by atoms with Gasteiger partial charge in [-0.05, 0) is 68.7 Å². The molecule has 1 aliphatic rings. The monoisotopic (exact) mass is 417 g/mol. The van der Waals surface area contributed by atoms with Gasteiger partial charge < -0.3 is 20.3 Å². The van der Waals surface area contributed by atoms with Crippen molar-refractivity contribution >= 4 is 51.2 Å². The van der Waals surface area contributed by atoms with Gasteiger partial charge in [0, 0.05) is 29.2 Å². The molecule has 6 nitrogen and oxygen atoms in total. The first-order valence-corrected chi connectivity index (χ1v) is 10.3. The molecule has 0 atom stereocenters. The maximum absolute atomic E-state index is 12.4. The van der Waals surface area contributed by atoms with Gasteiger partial charge in [0.2, 0.25) is 0 Å². The largest absolute Gasteiger partial charge is 0.465 e. The number of carbonyl (C=O) groups is 2. The van der Waals surface area contributed by atoms with Crippen LogP contribution >= 0.6 is 23.6 Å². The van der Waals surface area contributed by atoms with Gasteiger partial charge in [0.25, 0.3) is 5.91 Å². The van der Waals surface area contributed by atoms with Crippen LogP contribution < -0.4 is 10.6 Å². The zero-order valence-corrected chi connectivity index (χ0v) is 17.8. The highest BCUT2D eigenvalue weighted by molar-refractivity contribution is 7.80. The zero-order chi connectivity index (χ0) is 20.3. The third-order valence-electron chi connectivity index (χ3n) is 4.78. The lowest BCUT2D eigenvalue weighted by molar-refractivity contribution is 0.0601. The van der Waals surface area contributed by atoms with Crippen molar-refractivity contribution in [2.45, 2.75) is 26.7 Å². The summed E-state index contributed by atoms with van der Waals surface area (Å²) in [5.74, 6) is -0.325. The highest BCUT2D eigenvalue weighted by Crippen LogP contribution is 2.33. The summed E-state index contributed by atoms with van der Waals surface area (Å²) in [7, 11) is 1.36. The van der Waals surface area contributed by atoms with E-state index in [2.05, 4.69) is 10.6 Å². The molecule has 3 rings (SSSR count). The molecule has 2 N–H and O–H groups in total. The Morgan fingerprint density at radius 1 is 1.11 bits per heavy atom. The van der Waals surface area contributed by atoms with Crippen LogP contribution in [-0.2, 0) is 4.74 Å². The third kappa shape index (κ3) is 4.34. The maximum atomic E-state index is 12.4. The summed E-state index contributed by atoms with van der Waals surface area (Å²) < 4.78 is 4.88. The average Bonchev–Trinajstić information content (AvgIpc) is 3.30. The number of nitrogens with one attached hydrogen (secondary N) is 2. The van der Waals surface area contributed by atoms with Crippen molar-refractivity contribution in [1.82, 2.24) is 4.90 Å². The molecule has 0 saturated carbocycles. The first-order valence-electron chi connectivity index (χ1n) is 9.06. The minimum Gasteiger partial charge on any atom is -0.465 e. The molecule has 148 valence electrons. The molecule has 0 spiro atoms. The van der Waals surface area contributed by atoms with Crippen molar-refractivity contribution in [3.05, 3.63) is 45.8 Å². The Bertz CT molecular complexity index is 900. The number of amides is 1. The normalized spacial score (nSPS) is 13.3. The number of esters is 1. The topological polar surface area (TPSA) is 70.7 Å². The number of likely N-dealkylation sites (tertiary alicyclic amines) is 1. The molecule has 0 bridgehead atoms. The van der Waals surface area contributed by atoms with Gasteiger partial charge in [-0.1, -0.05) is 0 Å². The first-order chi connectivity index (χ1) is 13.4. The number of nitrogens with zero attached hydrogens (tertiary/aromatic N) is 1. The van der Waals surface area contributed by atoms with Crippen LogP contribution in [0, 0.1) is 13.8 Å². The number of carbonyl (C=O) groups excluding carboxylic acids is 2. The number of hydrogen-bond acceptors (Lipinski definition) is 5. The number of benzene rings is 1. The van der Waals surface area contributed by atoms with Gasteiger partial charge in [-0.25, -0.2) is 4.79 Å². The van der Waals surface area contributed by atoms with Crippen LogP contribution in [0.2, 0.25) is 0 Å². The van der Waals surface area contributed by atoms with E-state index in [1.165, 1.54) is 18.4 Å². The fourth-order valence-corrected chi connectivity index (χ4v) is 4.46. The van der Waals surface area contributed by atoms with E-state index in [4.69, 9.17) is 17.0 Å². The predicted octanol–water partition coefficient (Wildman–Crippen LogP) is 4.20. The van der Waals surface area contributed by atoms with Crippen molar-refractivity contribution in [2.75, 3.05) is 30.8 Å². The summed E-state index contributed by atoms with van der Waals surface area (Å²) in [6, 6.07) is 7.24. The van der Waals surface area contributed by atoms with Crippen molar-refractivity contribution in [3.8, 4) is 0 Å². The van der Waals surface area contributed by atoms with Crippen molar-refractivity contribution in [2.24, 2.45) is 0 Å². The van der Waals surface area contributed by atoms with E-state index in [1.54, 1.807) is 12.1 Å². The Kier molecular flexibility index (Phi) is 6.31. The Morgan fingerprint density at radius 2 is 1.75 bits per heavy atom. The molecule has 28 heavy (non-hydrogen) atoms. The summed E-state index contributed by atoms with van der Waals surface area (Å²) in [6.45, 7) is 5.49. The lowest BCUT2D eigenvalue weighted by atomic mass is 10.1. The second kappa shape index (κ2) is 8.70. The van der Waals surface area contributed by atoms with Crippen LogP contribution in [0.5, 0.6) is 0 Å². The molecule has 1 aromatic carbocycles. The standard InChI is InChI=1S/C20H23N3O3S2/c1-12-13(2)28-17(16(12)19(25)26-3)22-20(27)21-15-8-6-14(7-9-15)18(24)23-10-4-5-11-23/h6-9H,4-5,10-11H2,1-3H3,(H2,21,22,27). The fourth-order valence-electron chi connectivity index (χ4n) is 3.13. The number of ether oxygens (including phenoxy) is 1. The summed E-state index contributed by atoms with van der Waals surface area (Å²) >= 11 is 6.84. The van der Waals surface area contributed by atoms with Gasteiger partial charge in [-0.15, -0.1) is 11.3 Å². The Labute approximate surface area is 173 Å². The summed E-state index contributed by atoms with van der Waals surface area (Å²) in [5.41, 5.74) is 2.82. The lowest BCUT2D eigenvalue weighted by Gasteiger charge is -2.15. The van der Waals surface area contributed by atoms with E-state index < -0.39 is 5.97 Å². The van der Waals surface area contributed by atoms with E-state index in [-0.39, 0.29) is 5.91 Å². The number of thiophene rings is 1. The SMILES string of the molecule is COC(=O)c1c(NC(=S)Nc2ccc(C(=O)N3CCCC3)cc2)sc(C)c1C. The zero-order valence-electron chi connectivity index (χ0n) is 16.1. The van der Waals surface area contributed by atoms with Crippen LogP contribution in [0.25, 0.3) is 0 Å². The van der Waals surface area contributed by atoms with Gasteiger partial charge in [-0.2, -0.15) is 0 Å². The first kappa shape index (κ1) is 20.3. The molecule has 1 aromatic heterocycles. The molecule has 0 aliphatic carbocycles. The predicted molar refractivity (Wildman–Crippen MR) is 117 cm³/mol. The molecule has 1 amide bonds. The quantitative estimate of drug-likeness (QED) is 0.574. The third-order valence-corrected chi connectivity index (χ3v) is 6.11. The number of methoxy groups -OCH3 is 1. The number of thiocarbonyl (C=S) groups is 1. The minimum absolute atomic E-state index is 0.0667. The van der Waals surface area contributed by atoms with Crippen LogP contribution in [0.4, 0.5) is 10.7 Å². The number of anilines is 2. The van der Waals surface area contributed by atoms with Gasteiger partial charge in [-0.3, -0.25) is 4.79 Å². The average molecular weight is 418 g/mol. The van der Waals surface area contributed by atoms with Crippen LogP contribution in [0.3, 0.4) is 0 Å². The van der Waals surface area contributed by atoms with E-state index in [0.29, 0.717) is 21.2 Å². The van der Waals surface area contributed by atoms with Gasteiger partial charge >= 0.3 is 5.97 Å². The number of rotatable bonds is 4. The van der Waals surface area contributed by atoms with Crippen LogP contribution in [-0.4, -0.2) is 42.1 Å². The van der Waals surface area contributed by atoms with E-state index in [9.17, 15) is 9.59 Å². The van der Waals surface area contributed by atoms with Gasteiger partial charge in [0.05, 0.1) is 12.7 Å². The smallest absolute Gasteiger partial charge is 0.341 e. The van der Waals surface area contributed by atoms with Crippen molar-refractivity contribution in [1.29, 1.82) is 0 Å². The van der Waals surface area contributed by atoms with Crippen LogP contribution in [0.15, 0.2) is 24.3 Å².